The Morgan fingerprint density at radius 3 is 2.27 bits per heavy atom. The van der Waals surface area contributed by atoms with E-state index < -0.39 is 23.5 Å². The third-order valence-corrected chi connectivity index (χ3v) is 11.8. The number of hydrogen-bond donors (Lipinski definition) is 2. The Kier molecular flexibility index (Phi) is 9.69. The molecule has 4 atom stereocenters. The van der Waals surface area contributed by atoms with Crippen LogP contribution in [0.3, 0.4) is 0 Å². The fraction of sp³-hybridized carbons (Fsp3) is 0.658. The van der Waals surface area contributed by atoms with Gasteiger partial charge in [-0.3, -0.25) is 23.9 Å². The molecule has 1 aromatic heterocycles. The quantitative estimate of drug-likeness (QED) is 0.374. The Bertz CT molecular complexity index is 1540. The van der Waals surface area contributed by atoms with Crippen molar-refractivity contribution in [3.05, 3.63) is 53.9 Å². The molecule has 11 nitrogen and oxygen atoms in total. The molecular weight excluding hydrogens is 620 g/mol. The lowest BCUT2D eigenvalue weighted by Crippen LogP contribution is -2.65. The normalized spacial score (nSPS) is 24.9. The molecule has 4 aliphatic rings. The van der Waals surface area contributed by atoms with E-state index in [0.29, 0.717) is 49.7 Å². The van der Waals surface area contributed by atoms with Gasteiger partial charge in [-0.15, -0.1) is 0 Å². The summed E-state index contributed by atoms with van der Waals surface area (Å²) >= 11 is 0. The number of benzene rings is 1. The van der Waals surface area contributed by atoms with Crippen LogP contribution in [0.25, 0.3) is 0 Å². The second kappa shape index (κ2) is 13.5. The van der Waals surface area contributed by atoms with Gasteiger partial charge in [0.05, 0.1) is 30.3 Å². The van der Waals surface area contributed by atoms with Gasteiger partial charge in [-0.05, 0) is 61.3 Å². The number of nitrogens with zero attached hydrogens (tertiary/aromatic N) is 4. The zero-order valence-corrected chi connectivity index (χ0v) is 30.0. The predicted molar refractivity (Wildman–Crippen MR) is 185 cm³/mol. The van der Waals surface area contributed by atoms with Crippen LogP contribution < -0.4 is 10.6 Å². The SMILES string of the molecule is CNC(=O)[C@@H](NC(=O)[C@@H]1CN(C(=O)c2cnn(Cc3ccccc3)c2)CC12CN(C(=O)[C@H]1CC1(C)C)C2)[C@@H](C)OCC1CCC(C)(C)CC1. The Labute approximate surface area is 290 Å². The molecule has 4 amide bonds. The maximum absolute atomic E-state index is 14.2. The van der Waals surface area contributed by atoms with Crippen molar-refractivity contribution in [2.45, 2.75) is 85.4 Å². The molecule has 11 heteroatoms. The van der Waals surface area contributed by atoms with Crippen LogP contribution >= 0.6 is 0 Å². The molecule has 2 aliphatic carbocycles. The average Bonchev–Trinajstić information content (AvgIpc) is 3.36. The molecule has 3 heterocycles. The minimum absolute atomic E-state index is 0.00109. The number of likely N-dealkylation sites (N-methyl/N-ethyl adjacent to an activating group) is 1. The first-order valence-electron chi connectivity index (χ1n) is 18.0. The maximum Gasteiger partial charge on any atom is 0.257 e. The zero-order chi connectivity index (χ0) is 35.1. The number of carbonyl (C=O) groups is 4. The van der Waals surface area contributed by atoms with E-state index in [-0.39, 0.29) is 41.5 Å². The van der Waals surface area contributed by atoms with Crippen LogP contribution in [0.15, 0.2) is 42.7 Å². The van der Waals surface area contributed by atoms with E-state index in [9.17, 15) is 19.2 Å². The lowest BCUT2D eigenvalue weighted by atomic mass is 9.70. The molecule has 2 aliphatic heterocycles. The molecule has 0 bridgehead atoms. The van der Waals surface area contributed by atoms with Crippen molar-refractivity contribution >= 4 is 23.6 Å². The molecule has 2 N–H and O–H groups in total. The van der Waals surface area contributed by atoms with E-state index in [4.69, 9.17) is 4.74 Å². The van der Waals surface area contributed by atoms with Crippen molar-refractivity contribution in [3.8, 4) is 0 Å². The van der Waals surface area contributed by atoms with Crippen LogP contribution in [0.2, 0.25) is 0 Å². The fourth-order valence-corrected chi connectivity index (χ4v) is 8.11. The molecular formula is C38H54N6O5. The van der Waals surface area contributed by atoms with E-state index in [1.807, 2.05) is 42.2 Å². The highest BCUT2D eigenvalue weighted by Crippen LogP contribution is 2.54. The molecule has 6 rings (SSSR count). The summed E-state index contributed by atoms with van der Waals surface area (Å²) in [5, 5.41) is 10.1. The van der Waals surface area contributed by atoms with Crippen LogP contribution in [0.1, 0.15) is 82.6 Å². The van der Waals surface area contributed by atoms with Crippen LogP contribution in [-0.2, 0) is 25.7 Å². The minimum atomic E-state index is -0.888. The van der Waals surface area contributed by atoms with Crippen molar-refractivity contribution in [1.29, 1.82) is 0 Å². The lowest BCUT2D eigenvalue weighted by Gasteiger charge is -2.50. The van der Waals surface area contributed by atoms with Crippen molar-refractivity contribution in [2.24, 2.45) is 34.0 Å². The second-order valence-corrected chi connectivity index (χ2v) is 16.7. The summed E-state index contributed by atoms with van der Waals surface area (Å²) in [6.07, 6.45) is 8.11. The van der Waals surface area contributed by atoms with Crippen molar-refractivity contribution in [1.82, 2.24) is 30.2 Å². The van der Waals surface area contributed by atoms with Crippen LogP contribution in [0, 0.1) is 34.0 Å². The Hall–Kier alpha value is -3.73. The smallest absolute Gasteiger partial charge is 0.257 e. The minimum Gasteiger partial charge on any atom is -0.376 e. The average molecular weight is 675 g/mol. The standard InChI is InChI=1S/C38H54N6O5/c1-25(49-21-27-12-14-36(2,3)15-13-27)31(33(46)39-6)41-32(45)30-20-42(22-38(30)23-43(24-38)35(48)29-16-37(29,4)5)34(47)28-17-40-44(19-28)18-26-10-8-7-9-11-26/h7-11,17,19,25,27,29-31H,12-16,18,20-24H2,1-6H3,(H,39,46)(H,41,45)/t25-,29-,30+,31+/m1/s1. The summed E-state index contributed by atoms with van der Waals surface area (Å²) in [4.78, 5) is 58.1. The lowest BCUT2D eigenvalue weighted by molar-refractivity contribution is -0.152. The molecule has 2 aromatic rings. The van der Waals surface area contributed by atoms with E-state index in [0.717, 1.165) is 37.7 Å². The number of nitrogens with one attached hydrogen (secondary N) is 2. The highest BCUT2D eigenvalue weighted by atomic mass is 16.5. The summed E-state index contributed by atoms with van der Waals surface area (Å²) in [6.45, 7) is 13.1. The molecule has 266 valence electrons. The number of aromatic nitrogens is 2. The Balaban J connectivity index is 1.15. The summed E-state index contributed by atoms with van der Waals surface area (Å²) < 4.78 is 7.99. The van der Waals surface area contributed by atoms with Gasteiger partial charge < -0.3 is 25.2 Å². The van der Waals surface area contributed by atoms with Gasteiger partial charge in [0.1, 0.15) is 6.04 Å². The van der Waals surface area contributed by atoms with Gasteiger partial charge in [0, 0.05) is 57.4 Å². The monoisotopic (exact) mass is 674 g/mol. The highest BCUT2D eigenvalue weighted by molar-refractivity contribution is 5.95. The van der Waals surface area contributed by atoms with E-state index >= 15 is 0 Å². The summed E-state index contributed by atoms with van der Waals surface area (Å²) in [5.74, 6) is -0.851. The van der Waals surface area contributed by atoms with Crippen LogP contribution in [0.4, 0.5) is 0 Å². The second-order valence-electron chi connectivity index (χ2n) is 16.7. The summed E-state index contributed by atoms with van der Waals surface area (Å²) in [7, 11) is 1.56. The Morgan fingerprint density at radius 2 is 1.63 bits per heavy atom. The molecule has 1 aromatic carbocycles. The van der Waals surface area contributed by atoms with Crippen LogP contribution in [-0.4, -0.2) is 95.2 Å². The number of ether oxygens (including phenoxy) is 1. The molecule has 4 fully saturated rings. The largest absolute Gasteiger partial charge is 0.376 e. The van der Waals surface area contributed by atoms with Gasteiger partial charge >= 0.3 is 0 Å². The molecule has 2 saturated carbocycles. The van der Waals surface area contributed by atoms with E-state index in [2.05, 4.69) is 43.4 Å². The van der Waals surface area contributed by atoms with E-state index in [1.54, 1.807) is 29.0 Å². The highest BCUT2D eigenvalue weighted by Gasteiger charge is 2.62. The van der Waals surface area contributed by atoms with Gasteiger partial charge in [-0.1, -0.05) is 58.0 Å². The first-order valence-corrected chi connectivity index (χ1v) is 18.0. The Morgan fingerprint density at radius 1 is 0.980 bits per heavy atom. The maximum atomic E-state index is 14.2. The topological polar surface area (TPSA) is 126 Å². The summed E-state index contributed by atoms with van der Waals surface area (Å²) in [5.41, 5.74) is 1.29. The van der Waals surface area contributed by atoms with Crippen molar-refractivity contribution in [3.63, 3.8) is 0 Å². The molecule has 0 unspecified atom stereocenters. The zero-order valence-electron chi connectivity index (χ0n) is 30.0. The van der Waals surface area contributed by atoms with Gasteiger partial charge in [0.25, 0.3) is 5.91 Å². The molecule has 49 heavy (non-hydrogen) atoms. The first-order chi connectivity index (χ1) is 23.2. The molecule has 1 spiro atoms. The molecule has 0 radical (unpaired) electrons. The van der Waals surface area contributed by atoms with Crippen molar-refractivity contribution in [2.75, 3.05) is 39.8 Å². The number of amides is 4. The molecule has 2 saturated heterocycles. The van der Waals surface area contributed by atoms with Gasteiger partial charge in [-0.2, -0.15) is 5.10 Å². The number of likely N-dealkylation sites (tertiary alicyclic amines) is 2. The predicted octanol–water partition coefficient (Wildman–Crippen LogP) is 3.73. The van der Waals surface area contributed by atoms with E-state index in [1.165, 1.54) is 0 Å². The number of hydrogen-bond acceptors (Lipinski definition) is 6. The van der Waals surface area contributed by atoms with Gasteiger partial charge in [0.15, 0.2) is 0 Å². The first kappa shape index (κ1) is 35.1. The van der Waals surface area contributed by atoms with Gasteiger partial charge in [0.2, 0.25) is 17.7 Å². The van der Waals surface area contributed by atoms with Crippen molar-refractivity contribution < 1.29 is 23.9 Å². The third kappa shape index (κ3) is 7.56. The fourth-order valence-electron chi connectivity index (χ4n) is 8.11. The number of carbonyl (C=O) groups excluding carboxylic acids is 4. The van der Waals surface area contributed by atoms with Gasteiger partial charge in [-0.25, -0.2) is 0 Å². The summed E-state index contributed by atoms with van der Waals surface area (Å²) in [6, 6.07) is 9.03. The number of rotatable bonds is 11. The van der Waals surface area contributed by atoms with Crippen LogP contribution in [0.5, 0.6) is 0 Å². The third-order valence-electron chi connectivity index (χ3n) is 11.8.